The molecule has 1 nitrogen and oxygen atoms in total. The minimum absolute atomic E-state index is 0.142. The zero-order valence-electron chi connectivity index (χ0n) is 33.8. The van der Waals surface area contributed by atoms with Gasteiger partial charge in [-0.1, -0.05) is 147 Å². The minimum atomic E-state index is -0.861. The van der Waals surface area contributed by atoms with Gasteiger partial charge >= 0.3 is 0 Å². The smallest absolute Gasteiger partial charge is 0.123 e. The van der Waals surface area contributed by atoms with Crippen LogP contribution in [0.3, 0.4) is 0 Å². The first-order valence-corrected chi connectivity index (χ1v) is 21.0. The Morgan fingerprint density at radius 2 is 0.721 bits per heavy atom. The van der Waals surface area contributed by atoms with Gasteiger partial charge in [0.2, 0.25) is 0 Å². The van der Waals surface area contributed by atoms with Crippen molar-refractivity contribution in [3.63, 3.8) is 0 Å². The Morgan fingerprint density at radius 3 is 1.34 bits per heavy atom. The molecule has 3 aliphatic rings. The third-order valence-corrected chi connectivity index (χ3v) is 13.6. The van der Waals surface area contributed by atoms with E-state index in [-0.39, 0.29) is 17.0 Å². The number of nitrogens with zero attached hydrogens (tertiary/aromatic N) is 1. The summed E-state index contributed by atoms with van der Waals surface area (Å²) in [5, 5.41) is 0. The van der Waals surface area contributed by atoms with Crippen LogP contribution in [-0.2, 0) is 10.8 Å². The van der Waals surface area contributed by atoms with E-state index < -0.39 is 5.41 Å². The van der Waals surface area contributed by atoms with Crippen LogP contribution in [0, 0.1) is 11.6 Å². The van der Waals surface area contributed by atoms with Crippen molar-refractivity contribution in [3.8, 4) is 55.6 Å². The van der Waals surface area contributed by atoms with Crippen molar-refractivity contribution < 1.29 is 8.78 Å². The number of anilines is 3. The largest absolute Gasteiger partial charge is 0.310 e. The van der Waals surface area contributed by atoms with Crippen molar-refractivity contribution in [1.29, 1.82) is 0 Å². The second-order valence-corrected chi connectivity index (χ2v) is 17.1. The fourth-order valence-electron chi connectivity index (χ4n) is 10.8. The molecule has 9 aromatic rings. The van der Waals surface area contributed by atoms with E-state index in [2.05, 4.69) is 164 Å². The van der Waals surface area contributed by atoms with E-state index in [4.69, 9.17) is 0 Å². The summed E-state index contributed by atoms with van der Waals surface area (Å²) >= 11 is 0. The lowest BCUT2D eigenvalue weighted by molar-refractivity contribution is 0.618. The standard InChI is InChI=1S/C58H39F2N/c1-57(2)51-14-8-6-12-45(51)47-31-27-44(35-53(47)57)61(42-23-16-37(17-24-42)36-10-4-3-5-11-36)43-25-18-38(19-26-43)39-20-28-48-46-13-7-9-15-52(46)58(54(48)32-39)55-33-40(59)21-29-49(55)50-30-22-41(60)34-56(50)58/h3-35H,1-2H3. The van der Waals surface area contributed by atoms with Crippen LogP contribution in [0.1, 0.15) is 47.2 Å². The molecule has 12 rings (SSSR count). The molecule has 0 unspecified atom stereocenters. The van der Waals surface area contributed by atoms with Crippen LogP contribution >= 0.6 is 0 Å². The molecule has 0 amide bonds. The van der Waals surface area contributed by atoms with E-state index >= 15 is 8.78 Å². The van der Waals surface area contributed by atoms with Crippen molar-refractivity contribution in [2.24, 2.45) is 0 Å². The average molecular weight is 788 g/mol. The van der Waals surface area contributed by atoms with Gasteiger partial charge in [-0.3, -0.25) is 0 Å². The minimum Gasteiger partial charge on any atom is -0.310 e. The van der Waals surface area contributed by atoms with Gasteiger partial charge in [-0.05, 0) is 156 Å². The van der Waals surface area contributed by atoms with Crippen LogP contribution < -0.4 is 4.90 Å². The molecule has 0 aromatic heterocycles. The lowest BCUT2D eigenvalue weighted by Crippen LogP contribution is -2.26. The Hall–Kier alpha value is -7.36. The van der Waals surface area contributed by atoms with Crippen molar-refractivity contribution >= 4 is 17.1 Å². The molecule has 0 aliphatic heterocycles. The Kier molecular flexibility index (Phi) is 7.62. The molecule has 61 heavy (non-hydrogen) atoms. The highest BCUT2D eigenvalue weighted by molar-refractivity contribution is 5.96. The molecule has 9 aromatic carbocycles. The first-order chi connectivity index (χ1) is 29.8. The Balaban J connectivity index is 0.989. The summed E-state index contributed by atoms with van der Waals surface area (Å²) in [4.78, 5) is 2.35. The van der Waals surface area contributed by atoms with Crippen molar-refractivity contribution in [2.45, 2.75) is 24.7 Å². The van der Waals surface area contributed by atoms with Gasteiger partial charge in [-0.25, -0.2) is 8.78 Å². The van der Waals surface area contributed by atoms with E-state index in [0.717, 1.165) is 72.7 Å². The van der Waals surface area contributed by atoms with Gasteiger partial charge in [0, 0.05) is 22.5 Å². The maximum Gasteiger partial charge on any atom is 0.123 e. The van der Waals surface area contributed by atoms with Crippen LogP contribution in [0.15, 0.2) is 200 Å². The van der Waals surface area contributed by atoms with Crippen molar-refractivity contribution in [1.82, 2.24) is 0 Å². The number of halogens is 2. The lowest BCUT2D eigenvalue weighted by Gasteiger charge is -2.31. The van der Waals surface area contributed by atoms with Gasteiger partial charge in [0.25, 0.3) is 0 Å². The maximum absolute atomic E-state index is 15.3. The molecule has 0 fully saturated rings. The van der Waals surface area contributed by atoms with E-state index in [1.54, 1.807) is 12.1 Å². The zero-order chi connectivity index (χ0) is 41.0. The number of hydrogen-bond acceptors (Lipinski definition) is 1. The molecule has 3 aliphatic carbocycles. The molecule has 0 atom stereocenters. The zero-order valence-corrected chi connectivity index (χ0v) is 33.8. The summed E-state index contributed by atoms with van der Waals surface area (Å²) in [5.41, 5.74) is 19.7. The number of hydrogen-bond donors (Lipinski definition) is 0. The highest BCUT2D eigenvalue weighted by Gasteiger charge is 2.52. The van der Waals surface area contributed by atoms with Crippen LogP contribution in [-0.4, -0.2) is 0 Å². The van der Waals surface area contributed by atoms with Crippen LogP contribution in [0.25, 0.3) is 55.6 Å². The molecule has 0 bridgehead atoms. The summed E-state index contributed by atoms with van der Waals surface area (Å²) in [7, 11) is 0. The highest BCUT2D eigenvalue weighted by Crippen LogP contribution is 2.63. The molecule has 3 heteroatoms. The Morgan fingerprint density at radius 1 is 0.311 bits per heavy atom. The second kappa shape index (κ2) is 13.1. The first-order valence-electron chi connectivity index (χ1n) is 21.0. The van der Waals surface area contributed by atoms with Gasteiger partial charge in [0.1, 0.15) is 11.6 Å². The number of benzene rings is 9. The van der Waals surface area contributed by atoms with E-state index in [1.165, 1.54) is 45.5 Å². The Bertz CT molecular complexity index is 3180. The fraction of sp³-hybridized carbons (Fsp3) is 0.0690. The number of rotatable bonds is 5. The summed E-state index contributed by atoms with van der Waals surface area (Å²) in [6.45, 7) is 4.65. The van der Waals surface area contributed by atoms with Gasteiger partial charge in [0.05, 0.1) is 5.41 Å². The molecule has 0 saturated heterocycles. The predicted molar refractivity (Wildman–Crippen MR) is 246 cm³/mol. The molecule has 1 spiro atoms. The third kappa shape index (κ3) is 5.10. The fourth-order valence-corrected chi connectivity index (χ4v) is 10.8. The summed E-state index contributed by atoms with van der Waals surface area (Å²) in [6, 6.07) is 68.8. The van der Waals surface area contributed by atoms with Gasteiger partial charge in [0.15, 0.2) is 0 Å². The molecule has 290 valence electrons. The highest BCUT2D eigenvalue weighted by atomic mass is 19.1. The summed E-state index contributed by atoms with van der Waals surface area (Å²) in [6.07, 6.45) is 0. The second-order valence-electron chi connectivity index (χ2n) is 17.1. The topological polar surface area (TPSA) is 3.24 Å². The lowest BCUT2D eigenvalue weighted by atomic mass is 9.70. The molecular formula is C58H39F2N. The molecule has 0 radical (unpaired) electrons. The third-order valence-electron chi connectivity index (χ3n) is 13.6. The monoisotopic (exact) mass is 787 g/mol. The van der Waals surface area contributed by atoms with Gasteiger partial charge < -0.3 is 4.90 Å². The number of fused-ring (bicyclic) bond motifs is 13. The SMILES string of the molecule is CC1(C)c2ccccc2-c2ccc(N(c3ccc(-c4ccccc4)cc3)c3ccc(-c4ccc5c(c4)C4(c6ccccc6-5)c5cc(F)ccc5-c5ccc(F)cc54)cc3)cc21. The van der Waals surface area contributed by atoms with E-state index in [9.17, 15) is 0 Å². The van der Waals surface area contributed by atoms with Crippen LogP contribution in [0.2, 0.25) is 0 Å². The molecule has 0 N–H and O–H groups in total. The van der Waals surface area contributed by atoms with Gasteiger partial charge in [-0.15, -0.1) is 0 Å². The normalized spacial score (nSPS) is 14.2. The molecule has 0 heterocycles. The summed E-state index contributed by atoms with van der Waals surface area (Å²) in [5.74, 6) is -0.611. The average Bonchev–Trinajstić information content (AvgIpc) is 3.84. The first kappa shape index (κ1) is 35.6. The quantitative estimate of drug-likeness (QED) is 0.168. The molecular weight excluding hydrogens is 749 g/mol. The Labute approximate surface area is 354 Å². The van der Waals surface area contributed by atoms with Crippen molar-refractivity contribution in [3.05, 3.63) is 245 Å². The van der Waals surface area contributed by atoms with E-state index in [1.807, 2.05) is 30.3 Å². The molecule has 0 saturated carbocycles. The van der Waals surface area contributed by atoms with Gasteiger partial charge in [-0.2, -0.15) is 0 Å². The van der Waals surface area contributed by atoms with Crippen molar-refractivity contribution in [2.75, 3.05) is 4.90 Å². The van der Waals surface area contributed by atoms with Crippen LogP contribution in [0.5, 0.6) is 0 Å². The summed E-state index contributed by atoms with van der Waals surface area (Å²) < 4.78 is 30.7. The van der Waals surface area contributed by atoms with Crippen LogP contribution in [0.4, 0.5) is 25.8 Å². The van der Waals surface area contributed by atoms with E-state index in [0.29, 0.717) is 0 Å². The maximum atomic E-state index is 15.3. The predicted octanol–water partition coefficient (Wildman–Crippen LogP) is 15.4.